The minimum atomic E-state index is -1.25. The predicted octanol–water partition coefficient (Wildman–Crippen LogP) is 0.637. The first kappa shape index (κ1) is 13.9. The molecule has 0 spiro atoms. The fourth-order valence-corrected chi connectivity index (χ4v) is 0.823. The fourth-order valence-electron chi connectivity index (χ4n) is 0.823. The van der Waals surface area contributed by atoms with Gasteiger partial charge in [-0.05, 0) is 6.92 Å². The van der Waals surface area contributed by atoms with Crippen LogP contribution in [-0.4, -0.2) is 29.6 Å². The Kier molecular flexibility index (Phi) is 6.27. The Balaban J connectivity index is 4.77. The standard InChI is InChI=1S/C10H12O6/c1-3-15-9(13)6-7(5-8(11)12)10(14)16-4-2/h4,6H,2-3,5H2,1H3,(H,11,12)/b7-6-. The molecule has 0 saturated carbocycles. The summed E-state index contributed by atoms with van der Waals surface area (Å²) in [6, 6.07) is 0. The van der Waals surface area contributed by atoms with Gasteiger partial charge in [0.15, 0.2) is 0 Å². The first-order chi connectivity index (χ1) is 7.51. The van der Waals surface area contributed by atoms with Crippen LogP contribution in [0.2, 0.25) is 0 Å². The van der Waals surface area contributed by atoms with E-state index in [2.05, 4.69) is 16.1 Å². The van der Waals surface area contributed by atoms with Crippen molar-refractivity contribution in [2.75, 3.05) is 6.61 Å². The summed E-state index contributed by atoms with van der Waals surface area (Å²) in [7, 11) is 0. The highest BCUT2D eigenvalue weighted by atomic mass is 16.5. The molecular formula is C10H12O6. The lowest BCUT2D eigenvalue weighted by molar-refractivity contribution is -0.140. The normalized spacial score (nSPS) is 10.4. The zero-order chi connectivity index (χ0) is 12.6. The van der Waals surface area contributed by atoms with Crippen molar-refractivity contribution in [3.05, 3.63) is 24.5 Å². The fraction of sp³-hybridized carbons (Fsp3) is 0.300. The van der Waals surface area contributed by atoms with E-state index in [1.54, 1.807) is 6.92 Å². The lowest BCUT2D eigenvalue weighted by Gasteiger charge is -2.02. The molecule has 1 N–H and O–H groups in total. The third-order valence-corrected chi connectivity index (χ3v) is 1.37. The van der Waals surface area contributed by atoms with Gasteiger partial charge in [-0.1, -0.05) is 6.58 Å². The van der Waals surface area contributed by atoms with Crippen molar-refractivity contribution >= 4 is 17.9 Å². The van der Waals surface area contributed by atoms with E-state index in [0.29, 0.717) is 0 Å². The van der Waals surface area contributed by atoms with Gasteiger partial charge in [0, 0.05) is 6.08 Å². The molecule has 6 heteroatoms. The molecular weight excluding hydrogens is 216 g/mol. The number of rotatable bonds is 6. The first-order valence-electron chi connectivity index (χ1n) is 4.42. The van der Waals surface area contributed by atoms with Gasteiger partial charge in [-0.2, -0.15) is 0 Å². The second kappa shape index (κ2) is 7.22. The number of ether oxygens (including phenoxy) is 2. The van der Waals surface area contributed by atoms with Gasteiger partial charge in [-0.25, -0.2) is 9.59 Å². The third-order valence-electron chi connectivity index (χ3n) is 1.37. The van der Waals surface area contributed by atoms with E-state index < -0.39 is 24.3 Å². The highest BCUT2D eigenvalue weighted by Gasteiger charge is 2.16. The van der Waals surface area contributed by atoms with Gasteiger partial charge >= 0.3 is 17.9 Å². The van der Waals surface area contributed by atoms with E-state index in [1.807, 2.05) is 0 Å². The van der Waals surface area contributed by atoms with Crippen molar-refractivity contribution < 1.29 is 29.0 Å². The monoisotopic (exact) mass is 228 g/mol. The summed E-state index contributed by atoms with van der Waals surface area (Å²) in [6.45, 7) is 4.86. The predicted molar refractivity (Wildman–Crippen MR) is 53.3 cm³/mol. The Morgan fingerprint density at radius 2 is 2.00 bits per heavy atom. The number of carbonyl (C=O) groups is 3. The van der Waals surface area contributed by atoms with E-state index in [9.17, 15) is 14.4 Å². The highest BCUT2D eigenvalue weighted by molar-refractivity contribution is 5.99. The summed E-state index contributed by atoms with van der Waals surface area (Å²) in [6.07, 6.45) is 1.03. The van der Waals surface area contributed by atoms with Crippen LogP contribution in [0.25, 0.3) is 0 Å². The molecule has 88 valence electrons. The topological polar surface area (TPSA) is 89.9 Å². The van der Waals surface area contributed by atoms with Crippen molar-refractivity contribution in [3.8, 4) is 0 Å². The number of esters is 2. The number of aliphatic carboxylic acids is 1. The van der Waals surface area contributed by atoms with Gasteiger partial charge in [0.25, 0.3) is 0 Å². The molecule has 0 aromatic carbocycles. The SMILES string of the molecule is C=COC(=O)/C(=C\C(=O)OCC)CC(=O)O. The van der Waals surface area contributed by atoms with Crippen molar-refractivity contribution in [1.82, 2.24) is 0 Å². The number of carboxylic acids is 1. The number of hydrogen-bond acceptors (Lipinski definition) is 5. The lowest BCUT2D eigenvalue weighted by atomic mass is 10.2. The molecule has 0 atom stereocenters. The van der Waals surface area contributed by atoms with Gasteiger partial charge in [0.05, 0.1) is 24.9 Å². The van der Waals surface area contributed by atoms with Crippen molar-refractivity contribution in [2.45, 2.75) is 13.3 Å². The molecule has 0 amide bonds. The second-order valence-electron chi connectivity index (χ2n) is 2.56. The van der Waals surface area contributed by atoms with Crippen LogP contribution in [0.15, 0.2) is 24.5 Å². The molecule has 0 rings (SSSR count). The maximum atomic E-state index is 11.2. The van der Waals surface area contributed by atoms with Gasteiger partial charge in [-0.15, -0.1) is 0 Å². The molecule has 0 bridgehead atoms. The van der Waals surface area contributed by atoms with Crippen molar-refractivity contribution in [3.63, 3.8) is 0 Å². The zero-order valence-electron chi connectivity index (χ0n) is 8.76. The van der Waals surface area contributed by atoms with Crippen LogP contribution < -0.4 is 0 Å². The molecule has 0 saturated heterocycles. The number of carbonyl (C=O) groups excluding carboxylic acids is 2. The van der Waals surface area contributed by atoms with Gasteiger partial charge in [0.1, 0.15) is 0 Å². The Labute approximate surface area is 92.2 Å². The quantitative estimate of drug-likeness (QED) is 0.407. The average Bonchev–Trinajstić information content (AvgIpc) is 2.16. The highest BCUT2D eigenvalue weighted by Crippen LogP contribution is 2.05. The van der Waals surface area contributed by atoms with Crippen LogP contribution >= 0.6 is 0 Å². The number of hydrogen-bond donors (Lipinski definition) is 1. The molecule has 0 unspecified atom stereocenters. The van der Waals surface area contributed by atoms with Crippen molar-refractivity contribution in [1.29, 1.82) is 0 Å². The van der Waals surface area contributed by atoms with Gasteiger partial charge in [-0.3, -0.25) is 4.79 Å². The Morgan fingerprint density at radius 1 is 1.38 bits per heavy atom. The van der Waals surface area contributed by atoms with Crippen LogP contribution in [-0.2, 0) is 23.9 Å². The van der Waals surface area contributed by atoms with E-state index in [1.165, 1.54) is 0 Å². The smallest absolute Gasteiger partial charge is 0.339 e. The summed E-state index contributed by atoms with van der Waals surface area (Å²) in [5.74, 6) is -2.98. The molecule has 16 heavy (non-hydrogen) atoms. The largest absolute Gasteiger partial charge is 0.481 e. The summed E-state index contributed by atoms with van der Waals surface area (Å²) in [5.41, 5.74) is -0.300. The van der Waals surface area contributed by atoms with Gasteiger partial charge in [0.2, 0.25) is 0 Å². The summed E-state index contributed by atoms with van der Waals surface area (Å²) >= 11 is 0. The van der Waals surface area contributed by atoms with Crippen LogP contribution in [0.3, 0.4) is 0 Å². The van der Waals surface area contributed by atoms with Crippen LogP contribution in [0.4, 0.5) is 0 Å². The zero-order valence-corrected chi connectivity index (χ0v) is 8.76. The summed E-state index contributed by atoms with van der Waals surface area (Å²) in [5, 5.41) is 8.52. The molecule has 0 aliphatic rings. The molecule has 0 aliphatic carbocycles. The first-order valence-corrected chi connectivity index (χ1v) is 4.42. The van der Waals surface area contributed by atoms with Crippen LogP contribution in [0.1, 0.15) is 13.3 Å². The Bertz CT molecular complexity index is 328. The van der Waals surface area contributed by atoms with E-state index in [4.69, 9.17) is 5.11 Å². The number of carboxylic acid groups (broad SMARTS) is 1. The minimum absolute atomic E-state index is 0.131. The second-order valence-corrected chi connectivity index (χ2v) is 2.56. The Morgan fingerprint density at radius 3 is 2.44 bits per heavy atom. The molecule has 0 heterocycles. The molecule has 0 aromatic heterocycles. The van der Waals surface area contributed by atoms with E-state index >= 15 is 0 Å². The molecule has 0 radical (unpaired) electrons. The van der Waals surface area contributed by atoms with Crippen LogP contribution in [0, 0.1) is 0 Å². The van der Waals surface area contributed by atoms with Crippen molar-refractivity contribution in [2.24, 2.45) is 0 Å². The van der Waals surface area contributed by atoms with Crippen LogP contribution in [0.5, 0.6) is 0 Å². The lowest BCUT2D eigenvalue weighted by Crippen LogP contribution is -2.12. The summed E-state index contributed by atoms with van der Waals surface area (Å²) in [4.78, 5) is 32.6. The van der Waals surface area contributed by atoms with E-state index in [-0.39, 0.29) is 12.2 Å². The van der Waals surface area contributed by atoms with Gasteiger partial charge < -0.3 is 14.6 Å². The molecule has 0 aromatic rings. The molecule has 0 aliphatic heterocycles. The van der Waals surface area contributed by atoms with E-state index in [0.717, 1.165) is 12.3 Å². The third kappa shape index (κ3) is 5.58. The minimum Gasteiger partial charge on any atom is -0.481 e. The molecule has 6 nitrogen and oxygen atoms in total. The molecule has 0 fully saturated rings. The maximum absolute atomic E-state index is 11.2. The Hall–Kier alpha value is -2.11. The maximum Gasteiger partial charge on any atom is 0.339 e. The average molecular weight is 228 g/mol. The summed E-state index contributed by atoms with van der Waals surface area (Å²) < 4.78 is 8.91.